The number of piperidine rings is 1. The van der Waals surface area contributed by atoms with Crippen molar-refractivity contribution in [2.24, 2.45) is 5.92 Å². The molecule has 6 heteroatoms. The first-order valence-electron chi connectivity index (χ1n) is 11.7. The van der Waals surface area contributed by atoms with E-state index in [1.807, 2.05) is 73.3 Å². The van der Waals surface area contributed by atoms with Crippen LogP contribution in [0.25, 0.3) is 11.3 Å². The van der Waals surface area contributed by atoms with E-state index in [-0.39, 0.29) is 11.5 Å². The molecular weight excluding hydrogens is 414 g/mol. The van der Waals surface area contributed by atoms with Gasteiger partial charge in [0.15, 0.2) is 0 Å². The standard InChI is InChI=1S/C27H31N3O3/c1-3-33-24-11-9-21(10-12-24)18-25(31)29-15-13-22(14-16-29)19-30-26(32)17-20(2)27(28-30)23-7-5-4-6-8-23/h4-12,17,22H,3,13-16,18-19H2,1-2H3. The summed E-state index contributed by atoms with van der Waals surface area (Å²) < 4.78 is 7.06. The number of hydrogen-bond acceptors (Lipinski definition) is 4. The second kappa shape index (κ2) is 10.5. The van der Waals surface area contributed by atoms with Crippen molar-refractivity contribution < 1.29 is 9.53 Å². The smallest absolute Gasteiger partial charge is 0.267 e. The molecule has 3 aromatic rings. The second-order valence-corrected chi connectivity index (χ2v) is 8.64. The molecule has 33 heavy (non-hydrogen) atoms. The molecule has 6 nitrogen and oxygen atoms in total. The van der Waals surface area contributed by atoms with Crippen molar-refractivity contribution in [3.8, 4) is 17.0 Å². The van der Waals surface area contributed by atoms with Gasteiger partial charge in [-0.25, -0.2) is 4.68 Å². The van der Waals surface area contributed by atoms with Gasteiger partial charge in [0.05, 0.1) is 18.7 Å². The van der Waals surface area contributed by atoms with Crippen molar-refractivity contribution in [2.45, 2.75) is 39.7 Å². The van der Waals surface area contributed by atoms with E-state index in [2.05, 4.69) is 5.10 Å². The summed E-state index contributed by atoms with van der Waals surface area (Å²) in [7, 11) is 0. The fourth-order valence-corrected chi connectivity index (χ4v) is 4.36. The molecule has 0 spiro atoms. The molecule has 1 aliphatic heterocycles. The van der Waals surface area contributed by atoms with Gasteiger partial charge in [-0.05, 0) is 55.9 Å². The number of hydrogen-bond donors (Lipinski definition) is 0. The van der Waals surface area contributed by atoms with Crippen molar-refractivity contribution in [2.75, 3.05) is 19.7 Å². The van der Waals surface area contributed by atoms with E-state index < -0.39 is 0 Å². The Labute approximate surface area is 194 Å². The average Bonchev–Trinajstić information content (AvgIpc) is 2.83. The fourth-order valence-electron chi connectivity index (χ4n) is 4.36. The highest BCUT2D eigenvalue weighted by Crippen LogP contribution is 2.22. The Kier molecular flexibility index (Phi) is 7.23. The Balaban J connectivity index is 1.35. The van der Waals surface area contributed by atoms with Gasteiger partial charge in [0.2, 0.25) is 5.91 Å². The van der Waals surface area contributed by atoms with Gasteiger partial charge in [0.1, 0.15) is 5.75 Å². The zero-order chi connectivity index (χ0) is 23.2. The Hall–Kier alpha value is -3.41. The number of rotatable bonds is 7. The normalized spacial score (nSPS) is 14.3. The Bertz CT molecular complexity index is 1130. The lowest BCUT2D eigenvalue weighted by Gasteiger charge is -2.32. The summed E-state index contributed by atoms with van der Waals surface area (Å²) in [4.78, 5) is 27.3. The molecule has 1 aliphatic rings. The molecule has 0 N–H and O–H groups in total. The van der Waals surface area contributed by atoms with Crippen molar-refractivity contribution >= 4 is 5.91 Å². The summed E-state index contributed by atoms with van der Waals surface area (Å²) in [5.41, 5.74) is 3.67. The van der Waals surface area contributed by atoms with Crippen LogP contribution in [0.15, 0.2) is 65.5 Å². The Morgan fingerprint density at radius 1 is 1.06 bits per heavy atom. The summed E-state index contributed by atoms with van der Waals surface area (Å²) in [6, 6.07) is 19.4. The van der Waals surface area contributed by atoms with Crippen LogP contribution < -0.4 is 10.3 Å². The summed E-state index contributed by atoms with van der Waals surface area (Å²) in [5, 5.41) is 4.68. The highest BCUT2D eigenvalue weighted by molar-refractivity contribution is 5.78. The number of ether oxygens (including phenoxy) is 1. The first kappa shape index (κ1) is 22.8. The van der Waals surface area contributed by atoms with Crippen molar-refractivity contribution in [1.29, 1.82) is 0 Å². The van der Waals surface area contributed by atoms with Gasteiger partial charge in [-0.1, -0.05) is 42.5 Å². The van der Waals surface area contributed by atoms with E-state index in [4.69, 9.17) is 4.74 Å². The third kappa shape index (κ3) is 5.69. The molecule has 4 rings (SSSR count). The lowest BCUT2D eigenvalue weighted by Crippen LogP contribution is -2.41. The first-order valence-corrected chi connectivity index (χ1v) is 11.7. The highest BCUT2D eigenvalue weighted by Gasteiger charge is 2.24. The van der Waals surface area contributed by atoms with E-state index >= 15 is 0 Å². The van der Waals surface area contributed by atoms with E-state index in [1.54, 1.807) is 10.7 Å². The lowest BCUT2D eigenvalue weighted by molar-refractivity contribution is -0.131. The van der Waals surface area contributed by atoms with Crippen LogP contribution in [-0.4, -0.2) is 40.3 Å². The van der Waals surface area contributed by atoms with Crippen LogP contribution in [0.5, 0.6) is 5.75 Å². The predicted octanol–water partition coefficient (Wildman–Crippen LogP) is 4.10. The predicted molar refractivity (Wildman–Crippen MR) is 129 cm³/mol. The molecule has 0 unspecified atom stereocenters. The number of carbonyl (C=O) groups excluding carboxylic acids is 1. The maximum atomic E-state index is 12.8. The quantitative estimate of drug-likeness (QED) is 0.549. The molecule has 1 amide bonds. The van der Waals surface area contributed by atoms with Gasteiger partial charge in [-0.3, -0.25) is 9.59 Å². The third-order valence-electron chi connectivity index (χ3n) is 6.22. The minimum Gasteiger partial charge on any atom is -0.494 e. The van der Waals surface area contributed by atoms with E-state index in [0.717, 1.165) is 41.0 Å². The molecule has 172 valence electrons. The molecule has 0 saturated carbocycles. The number of aryl methyl sites for hydroxylation is 1. The number of benzene rings is 2. The van der Waals surface area contributed by atoms with E-state index in [9.17, 15) is 9.59 Å². The Morgan fingerprint density at radius 3 is 2.42 bits per heavy atom. The van der Waals surface area contributed by atoms with E-state index in [1.165, 1.54) is 0 Å². The highest BCUT2D eigenvalue weighted by atomic mass is 16.5. The maximum Gasteiger partial charge on any atom is 0.267 e. The molecule has 0 radical (unpaired) electrons. The van der Waals surface area contributed by atoms with Gasteiger partial charge >= 0.3 is 0 Å². The van der Waals surface area contributed by atoms with Crippen molar-refractivity contribution in [3.05, 3.63) is 82.1 Å². The topological polar surface area (TPSA) is 64.4 Å². The molecule has 2 heterocycles. The fraction of sp³-hybridized carbons (Fsp3) is 0.370. The van der Waals surface area contributed by atoms with Gasteiger partial charge in [-0.2, -0.15) is 5.10 Å². The Morgan fingerprint density at radius 2 is 1.76 bits per heavy atom. The number of likely N-dealkylation sites (tertiary alicyclic amines) is 1. The summed E-state index contributed by atoms with van der Waals surface area (Å²) >= 11 is 0. The average molecular weight is 446 g/mol. The molecular formula is C27H31N3O3. The molecule has 1 fully saturated rings. The van der Waals surface area contributed by atoms with Gasteiger partial charge < -0.3 is 9.64 Å². The van der Waals surface area contributed by atoms with Gasteiger partial charge in [0, 0.05) is 31.3 Å². The number of carbonyl (C=O) groups is 1. The summed E-state index contributed by atoms with van der Waals surface area (Å²) in [6.45, 7) is 6.52. The zero-order valence-electron chi connectivity index (χ0n) is 19.4. The van der Waals surface area contributed by atoms with Crippen LogP contribution in [0, 0.1) is 12.8 Å². The van der Waals surface area contributed by atoms with Gasteiger partial charge in [0.25, 0.3) is 5.56 Å². The first-order chi connectivity index (χ1) is 16.0. The second-order valence-electron chi connectivity index (χ2n) is 8.64. The zero-order valence-corrected chi connectivity index (χ0v) is 19.4. The molecule has 1 aromatic heterocycles. The van der Waals surface area contributed by atoms with Crippen LogP contribution in [0.4, 0.5) is 0 Å². The number of amides is 1. The summed E-state index contributed by atoms with van der Waals surface area (Å²) in [5.74, 6) is 1.30. The number of aromatic nitrogens is 2. The molecule has 2 aromatic carbocycles. The lowest BCUT2D eigenvalue weighted by atomic mass is 9.96. The van der Waals surface area contributed by atoms with Gasteiger partial charge in [-0.15, -0.1) is 0 Å². The minimum atomic E-state index is -0.0683. The van der Waals surface area contributed by atoms with Crippen LogP contribution in [0.2, 0.25) is 0 Å². The molecule has 1 saturated heterocycles. The van der Waals surface area contributed by atoms with E-state index in [0.29, 0.717) is 38.6 Å². The van der Waals surface area contributed by atoms with Crippen molar-refractivity contribution in [1.82, 2.24) is 14.7 Å². The van der Waals surface area contributed by atoms with Crippen molar-refractivity contribution in [3.63, 3.8) is 0 Å². The minimum absolute atomic E-state index is 0.0683. The largest absolute Gasteiger partial charge is 0.494 e. The van der Waals surface area contributed by atoms with Crippen LogP contribution in [-0.2, 0) is 17.8 Å². The SMILES string of the molecule is CCOc1ccc(CC(=O)N2CCC(Cn3nc(-c4ccccc4)c(C)cc3=O)CC2)cc1. The molecule has 0 bridgehead atoms. The monoisotopic (exact) mass is 445 g/mol. The number of nitrogens with zero attached hydrogens (tertiary/aromatic N) is 3. The third-order valence-corrected chi connectivity index (χ3v) is 6.22. The van der Waals surface area contributed by atoms with Crippen LogP contribution in [0.3, 0.4) is 0 Å². The van der Waals surface area contributed by atoms with Crippen LogP contribution in [0.1, 0.15) is 30.9 Å². The summed E-state index contributed by atoms with van der Waals surface area (Å²) in [6.07, 6.45) is 2.14. The maximum absolute atomic E-state index is 12.8. The van der Waals surface area contributed by atoms with Crippen LogP contribution >= 0.6 is 0 Å². The molecule has 0 aliphatic carbocycles. The molecule has 0 atom stereocenters.